The van der Waals surface area contributed by atoms with E-state index in [4.69, 9.17) is 0 Å². The third kappa shape index (κ3) is 3.10. The maximum Gasteiger partial charge on any atom is 0.208 e. The first-order chi connectivity index (χ1) is 11.8. The minimum absolute atomic E-state index is 0.265. The quantitative estimate of drug-likeness (QED) is 0.789. The minimum atomic E-state index is 0.265. The fourth-order valence-electron chi connectivity index (χ4n) is 3.09. The molecule has 3 heterocycles. The van der Waals surface area contributed by atoms with Crippen LogP contribution in [0.5, 0.6) is 5.75 Å². The van der Waals surface area contributed by atoms with Crippen LogP contribution >= 0.6 is 11.3 Å². The fraction of sp³-hybridized carbons (Fsp3) is 0.278. The molecule has 0 saturated carbocycles. The molecule has 4 rings (SSSR count). The third-order valence-electron chi connectivity index (χ3n) is 4.45. The number of pyridine rings is 1. The molecule has 1 fully saturated rings. The molecule has 2 aromatic heterocycles. The van der Waals surface area contributed by atoms with E-state index >= 15 is 0 Å². The molecule has 0 atom stereocenters. The van der Waals surface area contributed by atoms with Crippen LogP contribution in [0.25, 0.3) is 10.6 Å². The van der Waals surface area contributed by atoms with Crippen LogP contribution in [0.1, 0.15) is 24.3 Å². The molecule has 0 unspecified atom stereocenters. The molecule has 5 nitrogen and oxygen atoms in total. The number of piperidine rings is 1. The summed E-state index contributed by atoms with van der Waals surface area (Å²) in [5.41, 5.74) is 2.32. The summed E-state index contributed by atoms with van der Waals surface area (Å²) >= 11 is 1.61. The lowest BCUT2D eigenvalue weighted by Crippen LogP contribution is -2.32. The van der Waals surface area contributed by atoms with Gasteiger partial charge in [0.2, 0.25) is 5.13 Å². The van der Waals surface area contributed by atoms with Crippen molar-refractivity contribution in [3.8, 4) is 16.3 Å². The monoisotopic (exact) mass is 338 g/mol. The highest BCUT2D eigenvalue weighted by molar-refractivity contribution is 7.18. The Bertz CT molecular complexity index is 795. The fourth-order valence-corrected chi connectivity index (χ4v) is 3.99. The Morgan fingerprint density at radius 2 is 1.83 bits per heavy atom. The molecule has 0 amide bonds. The minimum Gasteiger partial charge on any atom is -0.508 e. The lowest BCUT2D eigenvalue weighted by molar-refractivity contribution is 0.475. The van der Waals surface area contributed by atoms with E-state index in [2.05, 4.69) is 26.1 Å². The molecule has 1 aromatic carbocycles. The van der Waals surface area contributed by atoms with Gasteiger partial charge in [0.05, 0.1) is 0 Å². The molecule has 122 valence electrons. The van der Waals surface area contributed by atoms with E-state index in [0.717, 1.165) is 41.6 Å². The zero-order valence-electron chi connectivity index (χ0n) is 13.2. The van der Waals surface area contributed by atoms with Crippen molar-refractivity contribution in [3.63, 3.8) is 0 Å². The van der Waals surface area contributed by atoms with Crippen molar-refractivity contribution in [2.75, 3.05) is 18.0 Å². The molecule has 1 saturated heterocycles. The number of phenolic OH excluding ortho intramolecular Hbond substituents is 1. The van der Waals surface area contributed by atoms with Gasteiger partial charge in [-0.2, -0.15) is 0 Å². The summed E-state index contributed by atoms with van der Waals surface area (Å²) in [5.74, 6) is 0.848. The average Bonchev–Trinajstić information content (AvgIpc) is 3.13. The molecule has 1 aliphatic heterocycles. The number of rotatable bonds is 3. The van der Waals surface area contributed by atoms with Crippen molar-refractivity contribution < 1.29 is 5.11 Å². The topological polar surface area (TPSA) is 62.1 Å². The Morgan fingerprint density at radius 3 is 2.54 bits per heavy atom. The van der Waals surface area contributed by atoms with Crippen molar-refractivity contribution >= 4 is 16.5 Å². The smallest absolute Gasteiger partial charge is 0.208 e. The molecule has 1 N–H and O–H groups in total. The summed E-state index contributed by atoms with van der Waals surface area (Å²) in [6.07, 6.45) is 6.03. The van der Waals surface area contributed by atoms with Crippen LogP contribution in [0.4, 0.5) is 5.13 Å². The van der Waals surface area contributed by atoms with Gasteiger partial charge in [-0.3, -0.25) is 4.98 Å². The second-order valence-corrected chi connectivity index (χ2v) is 6.94. The van der Waals surface area contributed by atoms with E-state index in [1.165, 1.54) is 5.56 Å². The number of nitrogens with zero attached hydrogens (tertiary/aromatic N) is 4. The number of hydrogen-bond donors (Lipinski definition) is 1. The SMILES string of the molecule is Oc1ccc(-c2nnc(N3CCC(c4cccnc4)CC3)s2)cc1. The molecular weight excluding hydrogens is 320 g/mol. The largest absolute Gasteiger partial charge is 0.508 e. The predicted molar refractivity (Wildman–Crippen MR) is 95.4 cm³/mol. The summed E-state index contributed by atoms with van der Waals surface area (Å²) in [4.78, 5) is 6.54. The van der Waals surface area contributed by atoms with Crippen LogP contribution in [0.3, 0.4) is 0 Å². The summed E-state index contributed by atoms with van der Waals surface area (Å²) in [6.45, 7) is 1.98. The number of benzene rings is 1. The summed E-state index contributed by atoms with van der Waals surface area (Å²) in [7, 11) is 0. The normalized spacial score (nSPS) is 15.6. The Balaban J connectivity index is 1.44. The summed E-state index contributed by atoms with van der Waals surface area (Å²) in [5, 5.41) is 19.9. The molecule has 0 aliphatic carbocycles. The Morgan fingerprint density at radius 1 is 1.04 bits per heavy atom. The first-order valence-electron chi connectivity index (χ1n) is 8.07. The molecule has 6 heteroatoms. The summed E-state index contributed by atoms with van der Waals surface area (Å²) in [6, 6.07) is 11.3. The maximum absolute atomic E-state index is 9.39. The summed E-state index contributed by atoms with van der Waals surface area (Å²) < 4.78 is 0. The van der Waals surface area contributed by atoms with E-state index < -0.39 is 0 Å². The second-order valence-electron chi connectivity index (χ2n) is 5.98. The Kier molecular flexibility index (Phi) is 4.13. The molecule has 0 spiro atoms. The van der Waals surface area contributed by atoms with Crippen LogP contribution < -0.4 is 4.90 Å². The number of anilines is 1. The Hall–Kier alpha value is -2.47. The molecule has 0 radical (unpaired) electrons. The lowest BCUT2D eigenvalue weighted by atomic mass is 9.91. The molecule has 3 aromatic rings. The highest BCUT2D eigenvalue weighted by Crippen LogP contribution is 2.34. The zero-order valence-corrected chi connectivity index (χ0v) is 14.0. The van der Waals surface area contributed by atoms with Gasteiger partial charge in [0.1, 0.15) is 10.8 Å². The van der Waals surface area contributed by atoms with Gasteiger partial charge in [-0.05, 0) is 54.7 Å². The van der Waals surface area contributed by atoms with E-state index in [-0.39, 0.29) is 5.75 Å². The van der Waals surface area contributed by atoms with Gasteiger partial charge < -0.3 is 10.0 Å². The van der Waals surface area contributed by atoms with Gasteiger partial charge in [-0.25, -0.2) is 0 Å². The van der Waals surface area contributed by atoms with Crippen molar-refractivity contribution in [1.82, 2.24) is 15.2 Å². The van der Waals surface area contributed by atoms with Crippen LogP contribution in [0.2, 0.25) is 0 Å². The second kappa shape index (κ2) is 6.57. The van der Waals surface area contributed by atoms with Gasteiger partial charge in [0.25, 0.3) is 0 Å². The van der Waals surface area contributed by atoms with E-state index in [1.54, 1.807) is 23.5 Å². The van der Waals surface area contributed by atoms with Gasteiger partial charge in [-0.15, -0.1) is 10.2 Å². The van der Waals surface area contributed by atoms with E-state index in [1.807, 2.05) is 30.6 Å². The number of aromatic nitrogens is 3. The van der Waals surface area contributed by atoms with Crippen molar-refractivity contribution in [3.05, 3.63) is 54.4 Å². The van der Waals surface area contributed by atoms with Gasteiger partial charge in [0.15, 0.2) is 0 Å². The molecule has 1 aliphatic rings. The maximum atomic E-state index is 9.39. The number of hydrogen-bond acceptors (Lipinski definition) is 6. The lowest BCUT2D eigenvalue weighted by Gasteiger charge is -2.31. The van der Waals surface area contributed by atoms with Gasteiger partial charge in [0, 0.05) is 31.0 Å². The number of phenols is 1. The van der Waals surface area contributed by atoms with Crippen molar-refractivity contribution in [2.24, 2.45) is 0 Å². The van der Waals surface area contributed by atoms with Crippen LogP contribution in [-0.2, 0) is 0 Å². The predicted octanol–water partition coefficient (Wildman–Crippen LogP) is 3.69. The Labute approximate surface area is 144 Å². The first kappa shape index (κ1) is 15.1. The van der Waals surface area contributed by atoms with Crippen molar-refractivity contribution in [1.29, 1.82) is 0 Å². The van der Waals surface area contributed by atoms with Gasteiger partial charge >= 0.3 is 0 Å². The first-order valence-corrected chi connectivity index (χ1v) is 8.89. The zero-order chi connectivity index (χ0) is 16.4. The van der Waals surface area contributed by atoms with Crippen LogP contribution in [0, 0.1) is 0 Å². The molecular formula is C18H18N4OS. The van der Waals surface area contributed by atoms with Crippen LogP contribution in [-0.4, -0.2) is 33.4 Å². The van der Waals surface area contributed by atoms with E-state index in [9.17, 15) is 5.11 Å². The highest BCUT2D eigenvalue weighted by Gasteiger charge is 2.23. The standard InChI is InChI=1S/C18H18N4OS/c23-16-5-3-14(4-6-16)17-20-21-18(24-17)22-10-7-13(8-11-22)15-2-1-9-19-12-15/h1-6,9,12-13,23H,7-8,10-11H2. The molecule has 24 heavy (non-hydrogen) atoms. The average molecular weight is 338 g/mol. The number of aromatic hydroxyl groups is 1. The van der Waals surface area contributed by atoms with Crippen molar-refractivity contribution in [2.45, 2.75) is 18.8 Å². The third-order valence-corrected chi connectivity index (χ3v) is 5.48. The van der Waals surface area contributed by atoms with E-state index in [0.29, 0.717) is 5.92 Å². The van der Waals surface area contributed by atoms with Gasteiger partial charge in [-0.1, -0.05) is 17.4 Å². The molecule has 0 bridgehead atoms. The van der Waals surface area contributed by atoms with Crippen LogP contribution in [0.15, 0.2) is 48.8 Å². The highest BCUT2D eigenvalue weighted by atomic mass is 32.1.